The summed E-state index contributed by atoms with van der Waals surface area (Å²) < 4.78 is 0. The zero-order valence-corrected chi connectivity index (χ0v) is 10.4. The average Bonchev–Trinajstić information content (AvgIpc) is 2.40. The minimum Gasteiger partial charge on any atom is -0.369 e. The second-order valence-electron chi connectivity index (χ2n) is 4.56. The summed E-state index contributed by atoms with van der Waals surface area (Å²) in [6.45, 7) is 3.13. The van der Waals surface area contributed by atoms with Gasteiger partial charge in [-0.3, -0.25) is 4.79 Å². The molecule has 0 saturated carbocycles. The summed E-state index contributed by atoms with van der Waals surface area (Å²) in [4.78, 5) is 18.9. The highest BCUT2D eigenvalue weighted by atomic mass is 16.1. The van der Waals surface area contributed by atoms with E-state index in [9.17, 15) is 4.79 Å². The number of primary amides is 1. The number of hydrogen-bond donors (Lipinski definition) is 3. The summed E-state index contributed by atoms with van der Waals surface area (Å²) in [5.74, 6) is 0.925. The van der Waals surface area contributed by atoms with Crippen molar-refractivity contribution in [3.05, 3.63) is 18.1 Å². The average molecular weight is 249 g/mol. The second kappa shape index (κ2) is 6.30. The third kappa shape index (κ3) is 3.66. The fourth-order valence-electron chi connectivity index (χ4n) is 2.12. The Labute approximate surface area is 106 Å². The van der Waals surface area contributed by atoms with Crippen molar-refractivity contribution < 1.29 is 4.79 Å². The molecule has 0 unspecified atom stereocenters. The van der Waals surface area contributed by atoms with E-state index in [2.05, 4.69) is 20.6 Å². The van der Waals surface area contributed by atoms with Crippen LogP contribution in [0.25, 0.3) is 0 Å². The standard InChI is InChI=1S/C12H19N5O/c13-12(18)10-7-17-11(8-16-10)15-6-3-9-1-4-14-5-2-9/h7-9,14H,1-6H2,(H2,13,18)(H,15,17). The molecule has 2 heterocycles. The summed E-state index contributed by atoms with van der Waals surface area (Å²) in [7, 11) is 0. The van der Waals surface area contributed by atoms with Crippen LogP contribution in [0.5, 0.6) is 0 Å². The van der Waals surface area contributed by atoms with Gasteiger partial charge in [0.25, 0.3) is 5.91 Å². The van der Waals surface area contributed by atoms with Crippen molar-refractivity contribution in [3.63, 3.8) is 0 Å². The lowest BCUT2D eigenvalue weighted by molar-refractivity contribution is 0.0995. The Morgan fingerprint density at radius 3 is 2.78 bits per heavy atom. The van der Waals surface area contributed by atoms with Gasteiger partial charge in [-0.2, -0.15) is 0 Å². The van der Waals surface area contributed by atoms with Gasteiger partial charge in [0.1, 0.15) is 11.5 Å². The molecule has 18 heavy (non-hydrogen) atoms. The van der Waals surface area contributed by atoms with Crippen LogP contribution in [0.1, 0.15) is 29.8 Å². The molecule has 0 spiro atoms. The number of nitrogens with two attached hydrogens (primary N) is 1. The first kappa shape index (κ1) is 12.8. The molecule has 0 bridgehead atoms. The van der Waals surface area contributed by atoms with Crippen LogP contribution < -0.4 is 16.4 Å². The molecule has 6 heteroatoms. The first-order chi connectivity index (χ1) is 8.75. The van der Waals surface area contributed by atoms with Crippen LogP contribution in [-0.4, -0.2) is 35.5 Å². The molecule has 1 aromatic rings. The zero-order chi connectivity index (χ0) is 12.8. The highest BCUT2D eigenvalue weighted by Crippen LogP contribution is 2.15. The molecule has 4 N–H and O–H groups in total. The van der Waals surface area contributed by atoms with Gasteiger partial charge in [0.15, 0.2) is 0 Å². The number of anilines is 1. The lowest BCUT2D eigenvalue weighted by Gasteiger charge is -2.22. The summed E-state index contributed by atoms with van der Waals surface area (Å²) in [5.41, 5.74) is 5.29. The molecule has 6 nitrogen and oxygen atoms in total. The van der Waals surface area contributed by atoms with Crippen LogP contribution in [0, 0.1) is 5.92 Å². The zero-order valence-electron chi connectivity index (χ0n) is 10.4. The van der Waals surface area contributed by atoms with Gasteiger partial charge in [-0.15, -0.1) is 0 Å². The van der Waals surface area contributed by atoms with E-state index in [1.54, 1.807) is 6.20 Å². The van der Waals surface area contributed by atoms with Crippen LogP contribution in [0.2, 0.25) is 0 Å². The minimum atomic E-state index is -0.552. The molecule has 0 atom stereocenters. The Hall–Kier alpha value is -1.69. The Kier molecular flexibility index (Phi) is 4.46. The van der Waals surface area contributed by atoms with Crippen LogP contribution >= 0.6 is 0 Å². The number of rotatable bonds is 5. The van der Waals surface area contributed by atoms with E-state index in [1.165, 1.54) is 19.0 Å². The van der Waals surface area contributed by atoms with Crippen molar-refractivity contribution >= 4 is 11.7 Å². The van der Waals surface area contributed by atoms with Crippen molar-refractivity contribution in [2.24, 2.45) is 11.7 Å². The fourth-order valence-corrected chi connectivity index (χ4v) is 2.12. The van der Waals surface area contributed by atoms with Crippen LogP contribution in [-0.2, 0) is 0 Å². The van der Waals surface area contributed by atoms with Gasteiger partial charge in [-0.1, -0.05) is 0 Å². The van der Waals surface area contributed by atoms with E-state index in [0.29, 0.717) is 5.82 Å². The van der Waals surface area contributed by atoms with Gasteiger partial charge in [-0.25, -0.2) is 9.97 Å². The van der Waals surface area contributed by atoms with Gasteiger partial charge in [0.2, 0.25) is 0 Å². The van der Waals surface area contributed by atoms with E-state index in [4.69, 9.17) is 5.73 Å². The Balaban J connectivity index is 1.74. The van der Waals surface area contributed by atoms with Crippen molar-refractivity contribution in [2.75, 3.05) is 25.0 Å². The first-order valence-corrected chi connectivity index (χ1v) is 6.32. The molecule has 1 aliphatic rings. The van der Waals surface area contributed by atoms with Crippen molar-refractivity contribution in [1.82, 2.24) is 15.3 Å². The second-order valence-corrected chi connectivity index (χ2v) is 4.56. The topological polar surface area (TPSA) is 92.9 Å². The molecule has 1 aliphatic heterocycles. The maximum absolute atomic E-state index is 10.8. The van der Waals surface area contributed by atoms with E-state index in [0.717, 1.165) is 32.0 Å². The Morgan fingerprint density at radius 2 is 2.17 bits per heavy atom. The molecular formula is C12H19N5O. The summed E-state index contributed by atoms with van der Waals surface area (Å²) in [5, 5.41) is 6.57. The van der Waals surface area contributed by atoms with Crippen LogP contribution in [0.4, 0.5) is 5.82 Å². The highest BCUT2D eigenvalue weighted by molar-refractivity contribution is 5.90. The normalized spacial score (nSPS) is 16.4. The van der Waals surface area contributed by atoms with Gasteiger partial charge in [0, 0.05) is 6.54 Å². The molecule has 98 valence electrons. The lowest BCUT2D eigenvalue weighted by atomic mass is 9.95. The smallest absolute Gasteiger partial charge is 0.268 e. The molecular weight excluding hydrogens is 230 g/mol. The third-order valence-corrected chi connectivity index (χ3v) is 3.22. The minimum absolute atomic E-state index is 0.193. The summed E-state index contributed by atoms with van der Waals surface area (Å²) in [6.07, 6.45) is 6.57. The Morgan fingerprint density at radius 1 is 1.39 bits per heavy atom. The maximum Gasteiger partial charge on any atom is 0.268 e. The number of carbonyl (C=O) groups excluding carboxylic acids is 1. The van der Waals surface area contributed by atoms with Gasteiger partial charge < -0.3 is 16.4 Å². The SMILES string of the molecule is NC(=O)c1cnc(NCCC2CCNCC2)cn1. The van der Waals surface area contributed by atoms with E-state index < -0.39 is 5.91 Å². The summed E-state index contributed by atoms with van der Waals surface area (Å²) >= 11 is 0. The first-order valence-electron chi connectivity index (χ1n) is 6.32. The van der Waals surface area contributed by atoms with Crippen LogP contribution in [0.3, 0.4) is 0 Å². The quantitative estimate of drug-likeness (QED) is 0.701. The molecule has 1 amide bonds. The largest absolute Gasteiger partial charge is 0.369 e. The molecule has 1 saturated heterocycles. The number of aromatic nitrogens is 2. The number of carbonyl (C=O) groups is 1. The van der Waals surface area contributed by atoms with Crippen molar-refractivity contribution in [3.8, 4) is 0 Å². The highest BCUT2D eigenvalue weighted by Gasteiger charge is 2.12. The van der Waals surface area contributed by atoms with Gasteiger partial charge in [-0.05, 0) is 38.3 Å². The molecule has 1 fully saturated rings. The van der Waals surface area contributed by atoms with Gasteiger partial charge in [0.05, 0.1) is 12.4 Å². The fraction of sp³-hybridized carbons (Fsp3) is 0.583. The number of nitrogens with zero attached hydrogens (tertiary/aromatic N) is 2. The van der Waals surface area contributed by atoms with Crippen molar-refractivity contribution in [2.45, 2.75) is 19.3 Å². The molecule has 0 aliphatic carbocycles. The maximum atomic E-state index is 10.8. The van der Waals surface area contributed by atoms with E-state index >= 15 is 0 Å². The number of amides is 1. The monoisotopic (exact) mass is 249 g/mol. The van der Waals surface area contributed by atoms with E-state index in [1.807, 2.05) is 0 Å². The van der Waals surface area contributed by atoms with Crippen molar-refractivity contribution in [1.29, 1.82) is 0 Å². The third-order valence-electron chi connectivity index (χ3n) is 3.22. The van der Waals surface area contributed by atoms with Crippen LogP contribution in [0.15, 0.2) is 12.4 Å². The number of hydrogen-bond acceptors (Lipinski definition) is 5. The molecule has 1 aromatic heterocycles. The van der Waals surface area contributed by atoms with E-state index in [-0.39, 0.29) is 5.69 Å². The molecule has 2 rings (SSSR count). The Bertz CT molecular complexity index is 386. The molecule has 0 radical (unpaired) electrons. The predicted octanol–water partition coefficient (Wildman–Crippen LogP) is 0.377. The number of piperidine rings is 1. The summed E-state index contributed by atoms with van der Waals surface area (Å²) in [6, 6.07) is 0. The molecule has 0 aromatic carbocycles. The van der Waals surface area contributed by atoms with Gasteiger partial charge >= 0.3 is 0 Å². The lowest BCUT2D eigenvalue weighted by Crippen LogP contribution is -2.28. The number of nitrogens with one attached hydrogen (secondary N) is 2. The predicted molar refractivity (Wildman–Crippen MR) is 69.3 cm³/mol.